The largest absolute Gasteiger partial charge is 0.456 e. The molecule has 1 aromatic heterocycles. The minimum Gasteiger partial charge on any atom is -0.456 e. The molecule has 2 rings (SSSR count). The highest BCUT2D eigenvalue weighted by Gasteiger charge is 2.23. The van der Waals surface area contributed by atoms with Gasteiger partial charge in [-0.3, -0.25) is 4.79 Å². The monoisotopic (exact) mass is 248 g/mol. The Morgan fingerprint density at radius 1 is 1.56 bits per heavy atom. The summed E-state index contributed by atoms with van der Waals surface area (Å²) in [7, 11) is 0. The molecule has 1 fully saturated rings. The van der Waals surface area contributed by atoms with Gasteiger partial charge in [0.25, 0.3) is 5.91 Å². The molecule has 0 saturated carbocycles. The van der Waals surface area contributed by atoms with Crippen molar-refractivity contribution in [3.63, 3.8) is 0 Å². The first-order valence-corrected chi connectivity index (χ1v) is 6.09. The summed E-state index contributed by atoms with van der Waals surface area (Å²) in [5, 5.41) is 3.40. The first-order chi connectivity index (χ1) is 8.70. The Morgan fingerprint density at radius 2 is 2.28 bits per heavy atom. The van der Waals surface area contributed by atoms with Gasteiger partial charge in [0.1, 0.15) is 5.76 Å². The first kappa shape index (κ1) is 12.5. The zero-order valence-corrected chi connectivity index (χ0v) is 10.4. The summed E-state index contributed by atoms with van der Waals surface area (Å²) in [5.41, 5.74) is 8.21. The van der Waals surface area contributed by atoms with E-state index in [-0.39, 0.29) is 12.5 Å². The van der Waals surface area contributed by atoms with Crippen LogP contribution in [-0.2, 0) is 6.54 Å². The number of hydrogen-bond donors (Lipinski definition) is 0. The quantitative estimate of drug-likeness (QED) is 0.468. The summed E-state index contributed by atoms with van der Waals surface area (Å²) in [6.07, 6.45) is 2.08. The van der Waals surface area contributed by atoms with Crippen LogP contribution in [0.1, 0.15) is 36.1 Å². The van der Waals surface area contributed by atoms with Crippen LogP contribution in [0.2, 0.25) is 0 Å². The van der Waals surface area contributed by atoms with E-state index in [4.69, 9.17) is 9.95 Å². The maximum absolute atomic E-state index is 12.1. The molecule has 96 valence electrons. The number of piperidine rings is 1. The molecule has 0 aromatic carbocycles. The molecule has 0 atom stereocenters. The van der Waals surface area contributed by atoms with Gasteiger partial charge in [-0.05, 0) is 36.4 Å². The van der Waals surface area contributed by atoms with Gasteiger partial charge in [-0.1, -0.05) is 12.0 Å². The van der Waals surface area contributed by atoms with Crippen molar-refractivity contribution in [1.29, 1.82) is 0 Å². The highest BCUT2D eigenvalue weighted by molar-refractivity contribution is 5.91. The van der Waals surface area contributed by atoms with Crippen LogP contribution in [0.15, 0.2) is 21.7 Å². The molecule has 0 spiro atoms. The molecule has 0 unspecified atom stereocenters. The number of likely N-dealkylation sites (tertiary alicyclic amines) is 1. The molecular weight excluding hydrogens is 232 g/mol. The van der Waals surface area contributed by atoms with Gasteiger partial charge in [0.15, 0.2) is 5.76 Å². The summed E-state index contributed by atoms with van der Waals surface area (Å²) in [4.78, 5) is 16.6. The van der Waals surface area contributed by atoms with E-state index in [0.29, 0.717) is 17.4 Å². The Labute approximate surface area is 105 Å². The lowest BCUT2D eigenvalue weighted by Crippen LogP contribution is -2.37. The number of amides is 1. The van der Waals surface area contributed by atoms with Crippen LogP contribution >= 0.6 is 0 Å². The lowest BCUT2D eigenvalue weighted by Gasteiger charge is -2.29. The van der Waals surface area contributed by atoms with Gasteiger partial charge in [0, 0.05) is 18.0 Å². The Hall–Kier alpha value is -1.94. The minimum atomic E-state index is -0.0749. The number of rotatable bonds is 3. The number of hydrogen-bond acceptors (Lipinski definition) is 3. The van der Waals surface area contributed by atoms with E-state index >= 15 is 0 Å². The van der Waals surface area contributed by atoms with Crippen LogP contribution in [-0.4, -0.2) is 23.9 Å². The summed E-state index contributed by atoms with van der Waals surface area (Å²) >= 11 is 0. The van der Waals surface area contributed by atoms with Crippen LogP contribution in [0.5, 0.6) is 0 Å². The summed E-state index contributed by atoms with van der Waals surface area (Å²) in [6, 6.07) is 3.32. The SMILES string of the molecule is CC1CCN(C(=O)c2ccc(CN=[N+]=[N-])o2)CC1. The third-order valence-electron chi connectivity index (χ3n) is 3.23. The van der Waals surface area contributed by atoms with E-state index < -0.39 is 0 Å². The number of carbonyl (C=O) groups is 1. The Kier molecular flexibility index (Phi) is 3.89. The zero-order valence-electron chi connectivity index (χ0n) is 10.4. The van der Waals surface area contributed by atoms with Crippen molar-refractivity contribution in [2.75, 3.05) is 13.1 Å². The van der Waals surface area contributed by atoms with Crippen LogP contribution in [0, 0.1) is 5.92 Å². The Morgan fingerprint density at radius 3 is 2.94 bits per heavy atom. The van der Waals surface area contributed by atoms with Gasteiger partial charge >= 0.3 is 0 Å². The molecule has 0 aliphatic carbocycles. The van der Waals surface area contributed by atoms with E-state index in [1.54, 1.807) is 12.1 Å². The molecule has 1 amide bonds. The van der Waals surface area contributed by atoms with Gasteiger partial charge in [0.2, 0.25) is 0 Å². The van der Waals surface area contributed by atoms with E-state index in [0.717, 1.165) is 25.9 Å². The summed E-state index contributed by atoms with van der Waals surface area (Å²) < 4.78 is 5.37. The average molecular weight is 248 g/mol. The van der Waals surface area contributed by atoms with E-state index in [1.165, 1.54) is 0 Å². The fraction of sp³-hybridized carbons (Fsp3) is 0.583. The van der Waals surface area contributed by atoms with Crippen LogP contribution in [0.4, 0.5) is 0 Å². The van der Waals surface area contributed by atoms with Crippen molar-refractivity contribution in [3.8, 4) is 0 Å². The Bertz CT molecular complexity index is 468. The van der Waals surface area contributed by atoms with Crippen LogP contribution in [0.3, 0.4) is 0 Å². The van der Waals surface area contributed by atoms with Crippen molar-refractivity contribution in [1.82, 2.24) is 4.90 Å². The van der Waals surface area contributed by atoms with Gasteiger partial charge in [-0.15, -0.1) is 0 Å². The number of furan rings is 1. The van der Waals surface area contributed by atoms with Crippen LogP contribution in [0.25, 0.3) is 10.4 Å². The Balaban J connectivity index is 2.00. The van der Waals surface area contributed by atoms with Crippen molar-refractivity contribution >= 4 is 5.91 Å². The minimum absolute atomic E-state index is 0.0749. The van der Waals surface area contributed by atoms with Gasteiger partial charge in [-0.25, -0.2) is 0 Å². The van der Waals surface area contributed by atoms with Crippen molar-refractivity contribution in [3.05, 3.63) is 34.1 Å². The maximum Gasteiger partial charge on any atom is 0.289 e. The summed E-state index contributed by atoms with van der Waals surface area (Å²) in [5.74, 6) is 1.45. The molecule has 0 N–H and O–H groups in total. The second-order valence-corrected chi connectivity index (χ2v) is 4.63. The first-order valence-electron chi connectivity index (χ1n) is 6.09. The van der Waals surface area contributed by atoms with Crippen molar-refractivity contribution in [2.24, 2.45) is 11.0 Å². The average Bonchev–Trinajstić information content (AvgIpc) is 2.85. The zero-order chi connectivity index (χ0) is 13.0. The van der Waals surface area contributed by atoms with Gasteiger partial charge in [0.05, 0.1) is 6.54 Å². The molecule has 1 aliphatic rings. The fourth-order valence-corrected chi connectivity index (χ4v) is 2.05. The lowest BCUT2D eigenvalue weighted by atomic mass is 9.99. The van der Waals surface area contributed by atoms with Crippen LogP contribution < -0.4 is 0 Å². The smallest absolute Gasteiger partial charge is 0.289 e. The van der Waals surface area contributed by atoms with Gasteiger partial charge < -0.3 is 9.32 Å². The number of carbonyl (C=O) groups excluding carboxylic acids is 1. The highest BCUT2D eigenvalue weighted by atomic mass is 16.4. The molecule has 18 heavy (non-hydrogen) atoms. The molecule has 1 saturated heterocycles. The molecular formula is C12H16N4O2. The molecule has 2 heterocycles. The van der Waals surface area contributed by atoms with E-state index in [1.807, 2.05) is 4.90 Å². The molecule has 0 radical (unpaired) electrons. The number of azide groups is 1. The normalized spacial score (nSPS) is 16.4. The number of nitrogens with zero attached hydrogens (tertiary/aromatic N) is 4. The fourth-order valence-electron chi connectivity index (χ4n) is 2.05. The molecule has 1 aliphatic heterocycles. The molecule has 1 aromatic rings. The lowest BCUT2D eigenvalue weighted by molar-refractivity contribution is 0.0663. The predicted molar refractivity (Wildman–Crippen MR) is 65.9 cm³/mol. The second-order valence-electron chi connectivity index (χ2n) is 4.63. The molecule has 6 heteroatoms. The molecule has 0 bridgehead atoms. The third-order valence-corrected chi connectivity index (χ3v) is 3.23. The van der Waals surface area contributed by atoms with Crippen molar-refractivity contribution in [2.45, 2.75) is 26.3 Å². The predicted octanol–water partition coefficient (Wildman–Crippen LogP) is 2.96. The summed E-state index contributed by atoms with van der Waals surface area (Å²) in [6.45, 7) is 3.91. The molecule has 6 nitrogen and oxygen atoms in total. The third kappa shape index (κ3) is 2.84. The highest BCUT2D eigenvalue weighted by Crippen LogP contribution is 2.19. The van der Waals surface area contributed by atoms with E-state index in [2.05, 4.69) is 16.9 Å². The maximum atomic E-state index is 12.1. The topological polar surface area (TPSA) is 82.2 Å². The van der Waals surface area contributed by atoms with E-state index in [9.17, 15) is 4.79 Å². The standard InChI is InChI=1S/C12H16N4O2/c1-9-4-6-16(7-5-9)12(17)11-3-2-10(18-11)8-14-15-13/h2-3,9H,4-8H2,1H3. The second kappa shape index (κ2) is 5.60. The van der Waals surface area contributed by atoms with Crippen molar-refractivity contribution < 1.29 is 9.21 Å². The van der Waals surface area contributed by atoms with Gasteiger partial charge in [-0.2, -0.15) is 0 Å².